The fourth-order valence-corrected chi connectivity index (χ4v) is 12.0. The Balaban J connectivity index is 3.36. The van der Waals surface area contributed by atoms with Crippen LogP contribution < -0.4 is 5.32 Å². The maximum atomic E-state index is 12.6. The average Bonchev–Trinajstić information content (AvgIpc) is 3.48. The van der Waals surface area contributed by atoms with E-state index in [0.29, 0.717) is 25.9 Å². The van der Waals surface area contributed by atoms with Gasteiger partial charge in [0.05, 0.1) is 25.4 Å². The van der Waals surface area contributed by atoms with Crippen molar-refractivity contribution in [2.75, 3.05) is 13.2 Å². The van der Waals surface area contributed by atoms with Crippen molar-refractivity contribution in [3.63, 3.8) is 0 Å². The summed E-state index contributed by atoms with van der Waals surface area (Å²) in [5.74, 6) is -0.0183. The highest BCUT2D eigenvalue weighted by Gasteiger charge is 2.20. The van der Waals surface area contributed by atoms with Crippen LogP contribution in [0.1, 0.15) is 425 Å². The van der Waals surface area contributed by atoms with Crippen LogP contribution in [0.4, 0.5) is 0 Å². The van der Waals surface area contributed by atoms with Crippen LogP contribution in [0.3, 0.4) is 0 Å². The number of unbranched alkanes of at least 4 members (excludes halogenated alkanes) is 56. The molecule has 0 aliphatic rings. The summed E-state index contributed by atoms with van der Waals surface area (Å²) in [5.41, 5.74) is 0. The van der Waals surface area contributed by atoms with Crippen molar-refractivity contribution in [3.05, 3.63) is 24.3 Å². The molecule has 486 valence electrons. The number of carbonyl (C=O) groups is 2. The topological polar surface area (TPSA) is 95.9 Å². The molecule has 6 heteroatoms. The molecule has 1 amide bonds. The zero-order chi connectivity index (χ0) is 59.2. The number of hydrogen-bond acceptors (Lipinski definition) is 5. The molecular formula is C76H147NO5. The van der Waals surface area contributed by atoms with Gasteiger partial charge in [-0.1, -0.05) is 378 Å². The quantitative estimate of drug-likeness (QED) is 0.0320. The van der Waals surface area contributed by atoms with Crippen LogP contribution in [0.25, 0.3) is 0 Å². The summed E-state index contributed by atoms with van der Waals surface area (Å²) in [5, 5.41) is 23.5. The van der Waals surface area contributed by atoms with Crippen molar-refractivity contribution in [2.24, 2.45) is 0 Å². The number of rotatable bonds is 71. The van der Waals surface area contributed by atoms with Gasteiger partial charge in [-0.3, -0.25) is 9.59 Å². The van der Waals surface area contributed by atoms with E-state index >= 15 is 0 Å². The van der Waals surface area contributed by atoms with Crippen LogP contribution in [0, 0.1) is 0 Å². The highest BCUT2D eigenvalue weighted by Crippen LogP contribution is 2.20. The number of aliphatic hydroxyl groups is 2. The van der Waals surface area contributed by atoms with Crippen LogP contribution in [0.2, 0.25) is 0 Å². The minimum absolute atomic E-state index is 0.00975. The zero-order valence-electron chi connectivity index (χ0n) is 55.8. The van der Waals surface area contributed by atoms with E-state index in [9.17, 15) is 19.8 Å². The Morgan fingerprint density at radius 2 is 0.610 bits per heavy atom. The standard InChI is InChI=1S/C76H147NO5/c1-3-5-7-9-11-13-15-17-19-21-22-23-27-30-33-37-40-44-48-52-56-60-64-68-74(79)73(72-78)77-75(80)69-65-61-57-53-49-45-41-38-34-31-28-25-24-26-29-32-35-39-43-47-51-55-59-63-67-71-82-76(81)70-66-62-58-54-50-46-42-36-20-18-16-14-12-10-8-6-4-2/h12,14,18,20,73-74,78-79H,3-11,13,15-17,19,21-72H2,1-2H3,(H,77,80)/b14-12-,20-18-. The van der Waals surface area contributed by atoms with E-state index in [1.807, 2.05) is 0 Å². The van der Waals surface area contributed by atoms with E-state index < -0.39 is 12.1 Å². The van der Waals surface area contributed by atoms with E-state index in [1.54, 1.807) is 0 Å². The Kier molecular flexibility index (Phi) is 70.4. The second-order valence-electron chi connectivity index (χ2n) is 26.0. The van der Waals surface area contributed by atoms with Crippen molar-refractivity contribution in [1.29, 1.82) is 0 Å². The van der Waals surface area contributed by atoms with Gasteiger partial charge < -0.3 is 20.3 Å². The molecule has 0 spiro atoms. The van der Waals surface area contributed by atoms with Crippen molar-refractivity contribution >= 4 is 11.9 Å². The second kappa shape index (κ2) is 71.8. The molecule has 0 aromatic heterocycles. The van der Waals surface area contributed by atoms with Gasteiger partial charge in [0, 0.05) is 12.8 Å². The molecule has 0 aromatic rings. The first-order valence-corrected chi connectivity index (χ1v) is 37.6. The van der Waals surface area contributed by atoms with Gasteiger partial charge in [-0.15, -0.1) is 0 Å². The summed E-state index contributed by atoms with van der Waals surface area (Å²) in [6.07, 6.45) is 91.0. The Bertz CT molecular complexity index is 1280. The summed E-state index contributed by atoms with van der Waals surface area (Å²) in [6.45, 7) is 4.97. The van der Waals surface area contributed by atoms with Gasteiger partial charge in [-0.2, -0.15) is 0 Å². The lowest BCUT2D eigenvalue weighted by atomic mass is 10.0. The number of ether oxygens (including phenoxy) is 1. The van der Waals surface area contributed by atoms with Crippen LogP contribution >= 0.6 is 0 Å². The highest BCUT2D eigenvalue weighted by molar-refractivity contribution is 5.76. The number of hydrogen-bond donors (Lipinski definition) is 3. The summed E-state index contributed by atoms with van der Waals surface area (Å²) in [4.78, 5) is 24.7. The van der Waals surface area contributed by atoms with Crippen molar-refractivity contribution in [1.82, 2.24) is 5.32 Å². The second-order valence-corrected chi connectivity index (χ2v) is 26.0. The number of esters is 1. The molecular weight excluding hydrogens is 1010 g/mol. The summed E-state index contributed by atoms with van der Waals surface area (Å²) in [6, 6.07) is -0.541. The van der Waals surface area contributed by atoms with Gasteiger partial charge in [0.15, 0.2) is 0 Å². The van der Waals surface area contributed by atoms with Gasteiger partial charge in [0.25, 0.3) is 0 Å². The summed E-state index contributed by atoms with van der Waals surface area (Å²) in [7, 11) is 0. The van der Waals surface area contributed by atoms with Crippen molar-refractivity contribution < 1.29 is 24.5 Å². The average molecular weight is 1160 g/mol. The lowest BCUT2D eigenvalue weighted by Gasteiger charge is -2.22. The minimum Gasteiger partial charge on any atom is -0.466 e. The van der Waals surface area contributed by atoms with Crippen molar-refractivity contribution in [2.45, 2.75) is 437 Å². The molecule has 0 saturated heterocycles. The normalized spacial score (nSPS) is 12.6. The van der Waals surface area contributed by atoms with E-state index in [-0.39, 0.29) is 18.5 Å². The van der Waals surface area contributed by atoms with Gasteiger partial charge in [0.1, 0.15) is 0 Å². The molecule has 82 heavy (non-hydrogen) atoms. The number of amides is 1. The van der Waals surface area contributed by atoms with E-state index in [2.05, 4.69) is 43.5 Å². The Morgan fingerprint density at radius 3 is 0.951 bits per heavy atom. The summed E-state index contributed by atoms with van der Waals surface area (Å²) >= 11 is 0. The Labute approximate surface area is 513 Å². The third kappa shape index (κ3) is 67.5. The van der Waals surface area contributed by atoms with Gasteiger partial charge in [-0.25, -0.2) is 0 Å². The number of nitrogens with one attached hydrogen (secondary N) is 1. The monoisotopic (exact) mass is 1150 g/mol. The third-order valence-corrected chi connectivity index (χ3v) is 17.8. The Hall–Kier alpha value is -1.66. The third-order valence-electron chi connectivity index (χ3n) is 17.8. The van der Waals surface area contributed by atoms with E-state index in [1.165, 1.54) is 340 Å². The predicted molar refractivity (Wildman–Crippen MR) is 361 cm³/mol. The SMILES string of the molecule is CCCCC/C=C\C/C=C\CCCCCCCCCC(=O)OCCCCCCCCCCCCCCCCCCCCCCCCCCCC(=O)NC(CO)C(O)CCCCCCCCCCCCCCCCCCCCCCCCC. The molecule has 0 aliphatic heterocycles. The highest BCUT2D eigenvalue weighted by atomic mass is 16.5. The molecule has 2 atom stereocenters. The minimum atomic E-state index is -0.664. The smallest absolute Gasteiger partial charge is 0.305 e. The zero-order valence-corrected chi connectivity index (χ0v) is 55.8. The van der Waals surface area contributed by atoms with Gasteiger partial charge >= 0.3 is 5.97 Å². The molecule has 0 heterocycles. The maximum Gasteiger partial charge on any atom is 0.305 e. The van der Waals surface area contributed by atoms with Crippen molar-refractivity contribution in [3.8, 4) is 0 Å². The van der Waals surface area contributed by atoms with Gasteiger partial charge in [-0.05, 0) is 57.8 Å². The summed E-state index contributed by atoms with van der Waals surface area (Å²) < 4.78 is 5.50. The number of allylic oxidation sites excluding steroid dienone is 4. The number of aliphatic hydroxyl groups excluding tert-OH is 2. The van der Waals surface area contributed by atoms with Gasteiger partial charge in [0.2, 0.25) is 5.91 Å². The molecule has 0 radical (unpaired) electrons. The first kappa shape index (κ1) is 80.3. The molecule has 0 saturated carbocycles. The Morgan fingerprint density at radius 1 is 0.341 bits per heavy atom. The molecule has 0 aromatic carbocycles. The first-order chi connectivity index (χ1) is 40.5. The fourth-order valence-electron chi connectivity index (χ4n) is 12.0. The number of carbonyl (C=O) groups excluding carboxylic acids is 2. The van der Waals surface area contributed by atoms with Crippen LogP contribution in [-0.4, -0.2) is 47.4 Å². The molecule has 2 unspecified atom stereocenters. The fraction of sp³-hybridized carbons (Fsp3) is 0.921. The maximum absolute atomic E-state index is 12.6. The lowest BCUT2D eigenvalue weighted by Crippen LogP contribution is -2.45. The van der Waals surface area contributed by atoms with E-state index in [0.717, 1.165) is 51.4 Å². The largest absolute Gasteiger partial charge is 0.466 e. The molecule has 0 fully saturated rings. The molecule has 0 bridgehead atoms. The van der Waals surface area contributed by atoms with E-state index in [4.69, 9.17) is 4.74 Å². The lowest BCUT2D eigenvalue weighted by molar-refractivity contribution is -0.143. The first-order valence-electron chi connectivity index (χ1n) is 37.6. The van der Waals surface area contributed by atoms with Crippen LogP contribution in [0.15, 0.2) is 24.3 Å². The molecule has 0 aliphatic carbocycles. The van der Waals surface area contributed by atoms with Crippen LogP contribution in [-0.2, 0) is 14.3 Å². The van der Waals surface area contributed by atoms with Crippen LogP contribution in [0.5, 0.6) is 0 Å². The predicted octanol–water partition coefficient (Wildman–Crippen LogP) is 24.5. The molecule has 0 rings (SSSR count). The molecule has 6 nitrogen and oxygen atoms in total. The molecule has 3 N–H and O–H groups in total.